The van der Waals surface area contributed by atoms with Crippen LogP contribution in [-0.4, -0.2) is 17.5 Å². The highest BCUT2D eigenvalue weighted by Gasteiger charge is 2.11. The lowest BCUT2D eigenvalue weighted by Gasteiger charge is -2.05. The van der Waals surface area contributed by atoms with E-state index in [-0.39, 0.29) is 5.91 Å². The number of nitrogens with zero attached hydrogens (tertiary/aromatic N) is 1. The summed E-state index contributed by atoms with van der Waals surface area (Å²) in [6.07, 6.45) is 0. The van der Waals surface area contributed by atoms with Gasteiger partial charge in [0.1, 0.15) is 11.4 Å². The van der Waals surface area contributed by atoms with Gasteiger partial charge in [0.05, 0.1) is 6.61 Å². The number of carbonyl (C=O) groups is 1. The lowest BCUT2D eigenvalue weighted by Crippen LogP contribution is -2.12. The predicted molar refractivity (Wildman–Crippen MR) is 102 cm³/mol. The van der Waals surface area contributed by atoms with Gasteiger partial charge in [0.2, 0.25) is 0 Å². The third kappa shape index (κ3) is 4.58. The normalized spacial score (nSPS) is 10.3. The molecular weight excluding hydrogens is 334 g/mol. The number of nitrogens with one attached hydrogen (secondary N) is 2. The summed E-state index contributed by atoms with van der Waals surface area (Å²) in [5, 5.41) is 8.44. The average Bonchev–Trinajstić information content (AvgIpc) is 3.08. The van der Waals surface area contributed by atoms with Gasteiger partial charge in [-0.15, -0.1) is 11.3 Å². The SMILES string of the molecule is CCOc1ccc(Nc2nc(C(=O)Nc3ccc(C)cc3)cs2)cc1. The van der Waals surface area contributed by atoms with Crippen LogP contribution in [-0.2, 0) is 0 Å². The summed E-state index contributed by atoms with van der Waals surface area (Å²) in [7, 11) is 0. The van der Waals surface area contributed by atoms with E-state index in [0.717, 1.165) is 22.7 Å². The molecular formula is C19H19N3O2S. The van der Waals surface area contributed by atoms with Crippen molar-refractivity contribution in [1.82, 2.24) is 4.98 Å². The zero-order valence-corrected chi connectivity index (χ0v) is 14.9. The quantitative estimate of drug-likeness (QED) is 0.665. The number of thiazole rings is 1. The topological polar surface area (TPSA) is 63.2 Å². The van der Waals surface area contributed by atoms with Crippen LogP contribution in [0.15, 0.2) is 53.9 Å². The molecule has 0 spiro atoms. The highest BCUT2D eigenvalue weighted by atomic mass is 32.1. The van der Waals surface area contributed by atoms with Crippen LogP contribution < -0.4 is 15.4 Å². The van der Waals surface area contributed by atoms with Gasteiger partial charge in [0.15, 0.2) is 5.13 Å². The molecule has 1 heterocycles. The van der Waals surface area contributed by atoms with Crippen molar-refractivity contribution in [2.75, 3.05) is 17.2 Å². The van der Waals surface area contributed by atoms with Gasteiger partial charge in [-0.25, -0.2) is 4.98 Å². The molecule has 2 N–H and O–H groups in total. The molecule has 0 aliphatic rings. The van der Waals surface area contributed by atoms with Crippen molar-refractivity contribution in [2.45, 2.75) is 13.8 Å². The number of ether oxygens (including phenoxy) is 1. The summed E-state index contributed by atoms with van der Waals surface area (Å²) in [6, 6.07) is 15.3. The molecule has 0 bridgehead atoms. The van der Waals surface area contributed by atoms with E-state index >= 15 is 0 Å². The van der Waals surface area contributed by atoms with Crippen molar-refractivity contribution in [3.8, 4) is 5.75 Å². The van der Waals surface area contributed by atoms with Crippen molar-refractivity contribution in [2.24, 2.45) is 0 Å². The van der Waals surface area contributed by atoms with E-state index in [4.69, 9.17) is 4.74 Å². The fourth-order valence-corrected chi connectivity index (χ4v) is 2.90. The molecule has 0 aliphatic carbocycles. The van der Waals surface area contributed by atoms with E-state index in [1.807, 2.05) is 62.4 Å². The first kappa shape index (κ1) is 17.0. The average molecular weight is 353 g/mol. The number of aryl methyl sites for hydroxylation is 1. The Morgan fingerprint density at radius 2 is 1.76 bits per heavy atom. The number of hydrogen-bond donors (Lipinski definition) is 2. The molecule has 128 valence electrons. The Hall–Kier alpha value is -2.86. The number of rotatable bonds is 6. The molecule has 1 amide bonds. The maximum atomic E-state index is 12.3. The van der Waals surface area contributed by atoms with Gasteiger partial charge >= 0.3 is 0 Å². The van der Waals surface area contributed by atoms with Crippen LogP contribution in [0.1, 0.15) is 23.0 Å². The predicted octanol–water partition coefficient (Wildman–Crippen LogP) is 4.85. The molecule has 2 aromatic carbocycles. The van der Waals surface area contributed by atoms with Gasteiger partial charge in [-0.1, -0.05) is 17.7 Å². The Kier molecular flexibility index (Phi) is 5.30. The summed E-state index contributed by atoms with van der Waals surface area (Å²) in [5.41, 5.74) is 3.18. The van der Waals surface area contributed by atoms with E-state index in [0.29, 0.717) is 17.4 Å². The molecule has 3 rings (SSSR count). The Morgan fingerprint density at radius 3 is 2.44 bits per heavy atom. The minimum absolute atomic E-state index is 0.222. The van der Waals surface area contributed by atoms with Crippen molar-refractivity contribution < 1.29 is 9.53 Å². The Labute approximate surface area is 150 Å². The summed E-state index contributed by atoms with van der Waals surface area (Å²) in [4.78, 5) is 16.6. The number of hydrogen-bond acceptors (Lipinski definition) is 5. The zero-order valence-electron chi connectivity index (χ0n) is 14.1. The second-order valence-electron chi connectivity index (χ2n) is 5.44. The van der Waals surface area contributed by atoms with Gasteiger partial charge in [-0.05, 0) is 50.2 Å². The lowest BCUT2D eigenvalue weighted by atomic mass is 10.2. The second-order valence-corrected chi connectivity index (χ2v) is 6.30. The lowest BCUT2D eigenvalue weighted by molar-refractivity contribution is 0.102. The number of benzene rings is 2. The van der Waals surface area contributed by atoms with Gasteiger partial charge in [0, 0.05) is 16.8 Å². The van der Waals surface area contributed by atoms with Gasteiger partial charge < -0.3 is 15.4 Å². The second kappa shape index (κ2) is 7.81. The van der Waals surface area contributed by atoms with Gasteiger partial charge in [0.25, 0.3) is 5.91 Å². The van der Waals surface area contributed by atoms with Crippen molar-refractivity contribution in [3.05, 3.63) is 65.2 Å². The fourth-order valence-electron chi connectivity index (χ4n) is 2.19. The van der Waals surface area contributed by atoms with Crippen LogP contribution in [0.4, 0.5) is 16.5 Å². The molecule has 3 aromatic rings. The zero-order chi connectivity index (χ0) is 17.6. The molecule has 25 heavy (non-hydrogen) atoms. The number of carbonyl (C=O) groups excluding carboxylic acids is 1. The first-order valence-electron chi connectivity index (χ1n) is 7.97. The van der Waals surface area contributed by atoms with Crippen LogP contribution in [0.5, 0.6) is 5.75 Å². The summed E-state index contributed by atoms with van der Waals surface area (Å²) in [6.45, 7) is 4.59. The summed E-state index contributed by atoms with van der Waals surface area (Å²) in [5.74, 6) is 0.602. The van der Waals surface area contributed by atoms with E-state index in [9.17, 15) is 4.79 Å². The van der Waals surface area contributed by atoms with Gasteiger partial charge in [-0.2, -0.15) is 0 Å². The first-order chi connectivity index (χ1) is 12.1. The largest absolute Gasteiger partial charge is 0.494 e. The van der Waals surface area contributed by atoms with Crippen molar-refractivity contribution in [1.29, 1.82) is 0 Å². The van der Waals surface area contributed by atoms with E-state index in [1.54, 1.807) is 5.38 Å². The summed E-state index contributed by atoms with van der Waals surface area (Å²) >= 11 is 1.39. The number of anilines is 3. The molecule has 0 radical (unpaired) electrons. The van der Waals surface area contributed by atoms with Crippen LogP contribution in [0.3, 0.4) is 0 Å². The van der Waals surface area contributed by atoms with Crippen LogP contribution in [0, 0.1) is 6.92 Å². The fraction of sp³-hybridized carbons (Fsp3) is 0.158. The monoisotopic (exact) mass is 353 g/mol. The Balaban J connectivity index is 1.63. The first-order valence-corrected chi connectivity index (χ1v) is 8.85. The number of amides is 1. The minimum atomic E-state index is -0.222. The molecule has 5 nitrogen and oxygen atoms in total. The highest BCUT2D eigenvalue weighted by molar-refractivity contribution is 7.14. The van der Waals surface area contributed by atoms with Crippen LogP contribution in [0.2, 0.25) is 0 Å². The number of aromatic nitrogens is 1. The third-order valence-electron chi connectivity index (χ3n) is 3.46. The molecule has 0 fully saturated rings. The molecule has 6 heteroatoms. The molecule has 0 saturated carbocycles. The highest BCUT2D eigenvalue weighted by Crippen LogP contribution is 2.23. The minimum Gasteiger partial charge on any atom is -0.494 e. The van der Waals surface area contributed by atoms with E-state index in [2.05, 4.69) is 15.6 Å². The van der Waals surface area contributed by atoms with Gasteiger partial charge in [-0.3, -0.25) is 4.79 Å². The standard InChI is InChI=1S/C19H19N3O2S/c1-3-24-16-10-8-15(9-11-16)21-19-22-17(12-25-19)18(23)20-14-6-4-13(2)5-7-14/h4-12H,3H2,1-2H3,(H,20,23)(H,21,22). The molecule has 0 unspecified atom stereocenters. The van der Waals surface area contributed by atoms with Crippen molar-refractivity contribution in [3.63, 3.8) is 0 Å². The molecule has 0 saturated heterocycles. The molecule has 1 aromatic heterocycles. The Bertz CT molecular complexity index is 842. The van der Waals surface area contributed by atoms with Crippen LogP contribution in [0.25, 0.3) is 0 Å². The van der Waals surface area contributed by atoms with E-state index < -0.39 is 0 Å². The maximum Gasteiger partial charge on any atom is 0.275 e. The summed E-state index contributed by atoms with van der Waals surface area (Å²) < 4.78 is 5.42. The smallest absolute Gasteiger partial charge is 0.275 e. The van der Waals surface area contributed by atoms with Crippen molar-refractivity contribution >= 4 is 33.8 Å². The Morgan fingerprint density at radius 1 is 1.08 bits per heavy atom. The third-order valence-corrected chi connectivity index (χ3v) is 4.22. The van der Waals surface area contributed by atoms with Crippen LogP contribution >= 0.6 is 11.3 Å². The molecule has 0 aliphatic heterocycles. The molecule has 0 atom stereocenters. The van der Waals surface area contributed by atoms with E-state index in [1.165, 1.54) is 11.3 Å². The maximum absolute atomic E-state index is 12.3.